The highest BCUT2D eigenvalue weighted by atomic mass is 16.5. The van der Waals surface area contributed by atoms with Gasteiger partial charge in [0, 0.05) is 30.9 Å². The van der Waals surface area contributed by atoms with Crippen LogP contribution in [0.4, 0.5) is 11.4 Å². The van der Waals surface area contributed by atoms with E-state index in [1.807, 2.05) is 18.2 Å². The second-order valence-electron chi connectivity index (χ2n) is 6.10. The van der Waals surface area contributed by atoms with Crippen molar-refractivity contribution in [1.82, 2.24) is 4.90 Å². The fraction of sp³-hybridized carbons (Fsp3) is 0.562. The summed E-state index contributed by atoms with van der Waals surface area (Å²) in [5.41, 5.74) is 1.80. The maximum absolute atomic E-state index is 11.4. The zero-order valence-electron chi connectivity index (χ0n) is 12.7. The van der Waals surface area contributed by atoms with Crippen molar-refractivity contribution in [2.45, 2.75) is 38.8 Å². The lowest BCUT2D eigenvalue weighted by Crippen LogP contribution is -2.42. The molecule has 0 aliphatic carbocycles. The second kappa shape index (κ2) is 5.93. The Hall–Kier alpha value is -1.75. The fourth-order valence-corrected chi connectivity index (χ4v) is 2.97. The van der Waals surface area contributed by atoms with Crippen molar-refractivity contribution in [2.24, 2.45) is 0 Å². The number of piperidine rings is 1. The number of benzene rings is 1. The zero-order valence-corrected chi connectivity index (χ0v) is 12.7. The number of ether oxygens (including phenoxy) is 1. The van der Waals surface area contributed by atoms with E-state index in [0.717, 1.165) is 43.1 Å². The molecule has 5 nitrogen and oxygen atoms in total. The van der Waals surface area contributed by atoms with Crippen molar-refractivity contribution in [3.05, 3.63) is 18.2 Å². The number of nitrogens with one attached hydrogen (secondary N) is 2. The molecule has 0 spiro atoms. The Kier molecular flexibility index (Phi) is 4.01. The van der Waals surface area contributed by atoms with Gasteiger partial charge >= 0.3 is 0 Å². The van der Waals surface area contributed by atoms with Crippen molar-refractivity contribution in [2.75, 3.05) is 30.3 Å². The summed E-state index contributed by atoms with van der Waals surface area (Å²) >= 11 is 0. The minimum absolute atomic E-state index is 0.0927. The highest BCUT2D eigenvalue weighted by Crippen LogP contribution is 2.31. The Morgan fingerprint density at radius 1 is 1.33 bits per heavy atom. The van der Waals surface area contributed by atoms with Crippen LogP contribution in [0.3, 0.4) is 0 Å². The fourth-order valence-electron chi connectivity index (χ4n) is 2.97. The monoisotopic (exact) mass is 289 g/mol. The van der Waals surface area contributed by atoms with E-state index in [-0.39, 0.29) is 12.5 Å². The number of carbonyl (C=O) groups excluding carboxylic acids is 1. The molecule has 0 bridgehead atoms. The molecule has 3 rings (SSSR count). The second-order valence-corrected chi connectivity index (χ2v) is 6.10. The van der Waals surface area contributed by atoms with Gasteiger partial charge in [0.05, 0.1) is 5.69 Å². The van der Waals surface area contributed by atoms with Crippen LogP contribution >= 0.6 is 0 Å². The molecule has 0 radical (unpaired) electrons. The molecule has 2 N–H and O–H groups in total. The number of carbonyl (C=O) groups is 1. The van der Waals surface area contributed by atoms with Gasteiger partial charge < -0.3 is 20.3 Å². The number of anilines is 2. The maximum atomic E-state index is 11.4. The number of fused-ring (bicyclic) bond motifs is 1. The van der Waals surface area contributed by atoms with Gasteiger partial charge in [0.25, 0.3) is 5.91 Å². The number of likely N-dealkylation sites (tertiary alicyclic amines) is 1. The molecule has 1 aromatic rings. The van der Waals surface area contributed by atoms with Crippen molar-refractivity contribution < 1.29 is 9.53 Å². The molecule has 1 aromatic carbocycles. The molecule has 1 fully saturated rings. The van der Waals surface area contributed by atoms with Gasteiger partial charge in [0.15, 0.2) is 6.61 Å². The van der Waals surface area contributed by atoms with Gasteiger partial charge in [0.2, 0.25) is 0 Å². The number of hydrogen-bond acceptors (Lipinski definition) is 4. The molecule has 0 atom stereocenters. The summed E-state index contributed by atoms with van der Waals surface area (Å²) in [5.74, 6) is 0.652. The minimum Gasteiger partial charge on any atom is -0.482 e. The van der Waals surface area contributed by atoms with E-state index >= 15 is 0 Å². The minimum atomic E-state index is -0.0927. The number of hydrogen-bond donors (Lipinski definition) is 2. The number of nitrogens with zero attached hydrogens (tertiary/aromatic N) is 1. The Bertz CT molecular complexity index is 522. The summed E-state index contributed by atoms with van der Waals surface area (Å²) in [6, 6.07) is 7.02. The van der Waals surface area contributed by atoms with E-state index in [1.165, 1.54) is 0 Å². The van der Waals surface area contributed by atoms with Crippen LogP contribution < -0.4 is 15.4 Å². The van der Waals surface area contributed by atoms with Crippen molar-refractivity contribution in [1.29, 1.82) is 0 Å². The number of rotatable bonds is 3. The van der Waals surface area contributed by atoms with Gasteiger partial charge in [-0.1, -0.05) is 0 Å². The highest BCUT2D eigenvalue weighted by molar-refractivity contribution is 5.96. The molecule has 2 aliphatic heterocycles. The summed E-state index contributed by atoms with van der Waals surface area (Å²) in [5, 5.41) is 6.42. The van der Waals surface area contributed by atoms with Crippen LogP contribution in [0.2, 0.25) is 0 Å². The van der Waals surface area contributed by atoms with E-state index in [2.05, 4.69) is 29.4 Å². The smallest absolute Gasteiger partial charge is 0.262 e. The van der Waals surface area contributed by atoms with E-state index in [0.29, 0.717) is 12.1 Å². The van der Waals surface area contributed by atoms with Crippen molar-refractivity contribution >= 4 is 17.3 Å². The molecule has 0 aromatic heterocycles. The average Bonchev–Trinajstić information content (AvgIpc) is 2.47. The first kappa shape index (κ1) is 14.2. The SMILES string of the molecule is CC(C)N1CCC(Nc2ccc3c(c2)NC(=O)CO3)CC1. The molecule has 0 saturated carbocycles. The van der Waals surface area contributed by atoms with Crippen LogP contribution in [0.5, 0.6) is 5.75 Å². The van der Waals surface area contributed by atoms with E-state index in [9.17, 15) is 4.79 Å². The standard InChI is InChI=1S/C16H23N3O2/c1-11(2)19-7-5-12(6-8-19)17-13-3-4-15-14(9-13)18-16(20)10-21-15/h3-4,9,11-12,17H,5-8,10H2,1-2H3,(H,18,20). The van der Waals surface area contributed by atoms with E-state index in [4.69, 9.17) is 4.74 Å². The van der Waals surface area contributed by atoms with E-state index in [1.54, 1.807) is 0 Å². The molecule has 21 heavy (non-hydrogen) atoms. The number of amides is 1. The van der Waals surface area contributed by atoms with Crippen molar-refractivity contribution in [3.63, 3.8) is 0 Å². The lowest BCUT2D eigenvalue weighted by Gasteiger charge is -2.35. The zero-order chi connectivity index (χ0) is 14.8. The molecule has 2 aliphatic rings. The van der Waals surface area contributed by atoms with Crippen LogP contribution in [0, 0.1) is 0 Å². The third-order valence-electron chi connectivity index (χ3n) is 4.24. The predicted molar refractivity (Wildman–Crippen MR) is 83.9 cm³/mol. The molecule has 0 unspecified atom stereocenters. The summed E-state index contributed by atoms with van der Waals surface area (Å²) in [7, 11) is 0. The van der Waals surface area contributed by atoms with Gasteiger partial charge in [-0.05, 0) is 44.9 Å². The Morgan fingerprint density at radius 2 is 2.10 bits per heavy atom. The van der Waals surface area contributed by atoms with Crippen LogP contribution in [0.1, 0.15) is 26.7 Å². The topological polar surface area (TPSA) is 53.6 Å². The first-order valence-corrected chi connectivity index (χ1v) is 7.69. The Morgan fingerprint density at radius 3 is 2.81 bits per heavy atom. The van der Waals surface area contributed by atoms with Crippen LogP contribution in [0.25, 0.3) is 0 Å². The normalized spacial score (nSPS) is 19.9. The lowest BCUT2D eigenvalue weighted by atomic mass is 10.0. The van der Waals surface area contributed by atoms with Gasteiger partial charge in [0.1, 0.15) is 5.75 Å². The summed E-state index contributed by atoms with van der Waals surface area (Å²) in [4.78, 5) is 13.9. The largest absolute Gasteiger partial charge is 0.482 e. The predicted octanol–water partition coefficient (Wildman–Crippen LogP) is 2.30. The first-order chi connectivity index (χ1) is 10.1. The summed E-state index contributed by atoms with van der Waals surface area (Å²) in [6.07, 6.45) is 2.30. The van der Waals surface area contributed by atoms with Crippen molar-refractivity contribution in [3.8, 4) is 5.75 Å². The Balaban J connectivity index is 1.61. The van der Waals surface area contributed by atoms with Crippen LogP contribution in [-0.4, -0.2) is 42.6 Å². The van der Waals surface area contributed by atoms with Crippen LogP contribution in [-0.2, 0) is 4.79 Å². The third-order valence-corrected chi connectivity index (χ3v) is 4.24. The lowest BCUT2D eigenvalue weighted by molar-refractivity contribution is -0.118. The molecule has 2 heterocycles. The van der Waals surface area contributed by atoms with Crippen LogP contribution in [0.15, 0.2) is 18.2 Å². The van der Waals surface area contributed by atoms with Gasteiger partial charge in [-0.3, -0.25) is 4.79 Å². The molecule has 114 valence electrons. The van der Waals surface area contributed by atoms with Gasteiger partial charge in [-0.2, -0.15) is 0 Å². The molecular formula is C16H23N3O2. The van der Waals surface area contributed by atoms with Gasteiger partial charge in [-0.15, -0.1) is 0 Å². The highest BCUT2D eigenvalue weighted by Gasteiger charge is 2.21. The quantitative estimate of drug-likeness (QED) is 0.896. The average molecular weight is 289 g/mol. The summed E-state index contributed by atoms with van der Waals surface area (Å²) < 4.78 is 5.37. The summed E-state index contributed by atoms with van der Waals surface area (Å²) in [6.45, 7) is 6.88. The molecule has 1 amide bonds. The van der Waals surface area contributed by atoms with E-state index < -0.39 is 0 Å². The molecular weight excluding hydrogens is 266 g/mol. The first-order valence-electron chi connectivity index (χ1n) is 7.69. The molecule has 1 saturated heterocycles. The van der Waals surface area contributed by atoms with Gasteiger partial charge in [-0.25, -0.2) is 0 Å². The maximum Gasteiger partial charge on any atom is 0.262 e. The molecule has 5 heteroatoms. The Labute approximate surface area is 125 Å². The third kappa shape index (κ3) is 3.29.